The number of hydrogen-bond donors (Lipinski definition) is 2. The van der Waals surface area contributed by atoms with Crippen molar-refractivity contribution in [3.63, 3.8) is 0 Å². The highest BCUT2D eigenvalue weighted by Crippen LogP contribution is 2.32. The number of piperazine rings is 1. The number of carbonyl (C=O) groups is 2. The highest BCUT2D eigenvalue weighted by molar-refractivity contribution is 5.96. The molecule has 7 heteroatoms. The minimum Gasteiger partial charge on any atom is -0.497 e. The molecule has 2 N–H and O–H groups in total. The van der Waals surface area contributed by atoms with Crippen LogP contribution in [0, 0.1) is 0 Å². The molecule has 1 aliphatic carbocycles. The first-order valence-corrected chi connectivity index (χ1v) is 10.9. The first-order valence-electron chi connectivity index (χ1n) is 10.9. The molecule has 0 spiro atoms. The van der Waals surface area contributed by atoms with Gasteiger partial charge in [-0.2, -0.15) is 0 Å². The lowest BCUT2D eigenvalue weighted by molar-refractivity contribution is -0.142. The van der Waals surface area contributed by atoms with Crippen LogP contribution in [-0.2, 0) is 4.79 Å². The molecule has 4 rings (SSSR count). The van der Waals surface area contributed by atoms with Crippen molar-refractivity contribution in [1.29, 1.82) is 0 Å². The van der Waals surface area contributed by atoms with Crippen molar-refractivity contribution in [2.24, 2.45) is 0 Å². The van der Waals surface area contributed by atoms with Crippen LogP contribution >= 0.6 is 0 Å². The Morgan fingerprint density at radius 3 is 2.52 bits per heavy atom. The zero-order valence-corrected chi connectivity index (χ0v) is 17.3. The second kappa shape index (κ2) is 8.61. The number of rotatable bonds is 4. The Hall–Kier alpha value is -2.28. The first-order chi connectivity index (χ1) is 14.1. The Bertz CT molecular complexity index is 730. The fourth-order valence-corrected chi connectivity index (χ4v) is 5.08. The van der Waals surface area contributed by atoms with E-state index >= 15 is 0 Å². The van der Waals surface area contributed by atoms with E-state index in [4.69, 9.17) is 4.74 Å². The number of carbonyl (C=O) groups excluding carboxylic acids is 2. The largest absolute Gasteiger partial charge is 0.497 e. The van der Waals surface area contributed by atoms with E-state index in [1.165, 1.54) is 12.8 Å². The third-order valence-corrected chi connectivity index (χ3v) is 6.69. The van der Waals surface area contributed by atoms with E-state index in [1.807, 2.05) is 4.90 Å². The number of nitrogens with one attached hydrogen (secondary N) is 2. The van der Waals surface area contributed by atoms with E-state index < -0.39 is 5.54 Å². The number of methoxy groups -OCH3 is 1. The molecule has 1 aromatic carbocycles. The normalized spacial score (nSPS) is 23.9. The van der Waals surface area contributed by atoms with Gasteiger partial charge in [0.1, 0.15) is 11.3 Å². The molecular formula is C22H32N4O3. The fraction of sp³-hybridized carbons (Fsp3) is 0.636. The number of anilines is 1. The van der Waals surface area contributed by atoms with Gasteiger partial charge in [0.25, 0.3) is 0 Å². The molecule has 2 aliphatic heterocycles. The summed E-state index contributed by atoms with van der Waals surface area (Å²) >= 11 is 0. The van der Waals surface area contributed by atoms with E-state index in [1.54, 1.807) is 31.4 Å². The summed E-state index contributed by atoms with van der Waals surface area (Å²) in [7, 11) is 1.61. The Labute approximate surface area is 172 Å². The van der Waals surface area contributed by atoms with Gasteiger partial charge < -0.3 is 20.3 Å². The van der Waals surface area contributed by atoms with E-state index in [9.17, 15) is 9.59 Å². The average molecular weight is 401 g/mol. The topological polar surface area (TPSA) is 73.9 Å². The molecule has 2 saturated heterocycles. The van der Waals surface area contributed by atoms with E-state index in [-0.39, 0.29) is 11.9 Å². The number of urea groups is 1. The molecule has 1 aromatic rings. The Balaban J connectivity index is 1.44. The predicted molar refractivity (Wildman–Crippen MR) is 112 cm³/mol. The first kappa shape index (κ1) is 20.0. The quantitative estimate of drug-likeness (QED) is 0.815. The SMILES string of the molecule is COc1ccc(NC(=O)NC2(C(=O)N3CCN4CCC[C@@H]4C3)CCCCC2)cc1. The zero-order valence-electron chi connectivity index (χ0n) is 17.3. The molecule has 1 saturated carbocycles. The highest BCUT2D eigenvalue weighted by Gasteiger charge is 2.45. The van der Waals surface area contributed by atoms with Crippen LogP contribution < -0.4 is 15.4 Å². The molecule has 2 heterocycles. The van der Waals surface area contributed by atoms with Crippen LogP contribution in [0.15, 0.2) is 24.3 Å². The minimum absolute atomic E-state index is 0.105. The maximum absolute atomic E-state index is 13.6. The third-order valence-electron chi connectivity index (χ3n) is 6.69. The molecule has 3 aliphatic rings. The van der Waals surface area contributed by atoms with Gasteiger partial charge in [-0.1, -0.05) is 19.3 Å². The number of ether oxygens (including phenoxy) is 1. The van der Waals surface area contributed by atoms with Crippen molar-refractivity contribution in [3.8, 4) is 5.75 Å². The van der Waals surface area contributed by atoms with Gasteiger partial charge >= 0.3 is 6.03 Å². The summed E-state index contributed by atoms with van der Waals surface area (Å²) < 4.78 is 5.16. The van der Waals surface area contributed by atoms with Gasteiger partial charge in [0.05, 0.1) is 7.11 Å². The lowest BCUT2D eigenvalue weighted by Gasteiger charge is -2.44. The lowest BCUT2D eigenvalue weighted by atomic mass is 9.80. The van der Waals surface area contributed by atoms with Crippen LogP contribution in [0.2, 0.25) is 0 Å². The van der Waals surface area contributed by atoms with Gasteiger partial charge in [0.2, 0.25) is 5.91 Å². The van der Waals surface area contributed by atoms with E-state index in [0.29, 0.717) is 24.6 Å². The summed E-state index contributed by atoms with van der Waals surface area (Å²) in [4.78, 5) is 30.9. The summed E-state index contributed by atoms with van der Waals surface area (Å²) in [6.07, 6.45) is 6.88. The van der Waals surface area contributed by atoms with Gasteiger partial charge in [0.15, 0.2) is 0 Å². The summed E-state index contributed by atoms with van der Waals surface area (Å²) in [6.45, 7) is 3.66. The van der Waals surface area contributed by atoms with Crippen LogP contribution in [0.3, 0.4) is 0 Å². The van der Waals surface area contributed by atoms with Crippen LogP contribution in [0.5, 0.6) is 5.75 Å². The van der Waals surface area contributed by atoms with Crippen molar-refractivity contribution >= 4 is 17.6 Å². The van der Waals surface area contributed by atoms with Gasteiger partial charge in [0, 0.05) is 31.4 Å². The molecule has 0 radical (unpaired) electrons. The molecule has 0 unspecified atom stereocenters. The fourth-order valence-electron chi connectivity index (χ4n) is 5.08. The monoisotopic (exact) mass is 400 g/mol. The maximum atomic E-state index is 13.6. The van der Waals surface area contributed by atoms with Crippen molar-refractivity contribution < 1.29 is 14.3 Å². The minimum atomic E-state index is -0.782. The Morgan fingerprint density at radius 2 is 1.79 bits per heavy atom. The van der Waals surface area contributed by atoms with Crippen LogP contribution in [-0.4, -0.2) is 66.6 Å². The van der Waals surface area contributed by atoms with Crippen molar-refractivity contribution in [1.82, 2.24) is 15.1 Å². The van der Waals surface area contributed by atoms with E-state index in [0.717, 1.165) is 51.2 Å². The third kappa shape index (κ3) is 4.34. The van der Waals surface area contributed by atoms with E-state index in [2.05, 4.69) is 15.5 Å². The Kier molecular flexibility index (Phi) is 5.94. The maximum Gasteiger partial charge on any atom is 0.320 e. The standard InChI is InChI=1S/C22H32N4O3/c1-29-19-9-7-17(8-10-19)23-21(28)24-22(11-3-2-4-12-22)20(27)26-15-14-25-13-5-6-18(25)16-26/h7-10,18H,2-6,11-16H2,1H3,(H2,23,24,28)/t18-/m1/s1. The lowest BCUT2D eigenvalue weighted by Crippen LogP contribution is -2.64. The summed E-state index contributed by atoms with van der Waals surface area (Å²) in [5, 5.41) is 5.96. The van der Waals surface area contributed by atoms with Gasteiger partial charge in [-0.15, -0.1) is 0 Å². The van der Waals surface area contributed by atoms with Crippen molar-refractivity contribution in [3.05, 3.63) is 24.3 Å². The molecule has 0 bridgehead atoms. The van der Waals surface area contributed by atoms with Crippen molar-refractivity contribution in [2.45, 2.75) is 56.5 Å². The predicted octanol–water partition coefficient (Wildman–Crippen LogP) is 2.83. The molecule has 3 fully saturated rings. The number of hydrogen-bond acceptors (Lipinski definition) is 4. The molecule has 1 atom stereocenters. The summed E-state index contributed by atoms with van der Waals surface area (Å²) in [5.41, 5.74) is -0.100. The van der Waals surface area contributed by atoms with Gasteiger partial charge in [-0.25, -0.2) is 4.79 Å². The molecule has 29 heavy (non-hydrogen) atoms. The molecule has 7 nitrogen and oxygen atoms in total. The Morgan fingerprint density at radius 1 is 1.03 bits per heavy atom. The second-order valence-electron chi connectivity index (χ2n) is 8.53. The number of fused-ring (bicyclic) bond motifs is 1. The number of nitrogens with zero attached hydrogens (tertiary/aromatic N) is 2. The van der Waals surface area contributed by atoms with Gasteiger partial charge in [-0.3, -0.25) is 9.69 Å². The summed E-state index contributed by atoms with van der Waals surface area (Å²) in [5.74, 6) is 0.842. The smallest absolute Gasteiger partial charge is 0.320 e. The molecular weight excluding hydrogens is 368 g/mol. The second-order valence-corrected chi connectivity index (χ2v) is 8.53. The van der Waals surface area contributed by atoms with Crippen molar-refractivity contribution in [2.75, 3.05) is 38.6 Å². The average Bonchev–Trinajstić information content (AvgIpc) is 3.22. The number of amides is 3. The molecule has 0 aromatic heterocycles. The molecule has 3 amide bonds. The summed E-state index contributed by atoms with van der Waals surface area (Å²) in [6, 6.07) is 7.38. The van der Waals surface area contributed by atoms with Gasteiger partial charge in [-0.05, 0) is 56.5 Å². The molecule has 158 valence electrons. The van der Waals surface area contributed by atoms with Crippen LogP contribution in [0.4, 0.5) is 10.5 Å². The zero-order chi connectivity index (χ0) is 20.3. The van der Waals surface area contributed by atoms with Crippen LogP contribution in [0.25, 0.3) is 0 Å². The van der Waals surface area contributed by atoms with Crippen LogP contribution in [0.1, 0.15) is 44.9 Å². The highest BCUT2D eigenvalue weighted by atomic mass is 16.5. The number of benzene rings is 1.